The molecule has 0 aromatic carbocycles. The number of halogens is 3. The normalized spacial score (nSPS) is 11.2. The van der Waals surface area contributed by atoms with Gasteiger partial charge in [0.15, 0.2) is 0 Å². The maximum Gasteiger partial charge on any atom is 0.306 e. The summed E-state index contributed by atoms with van der Waals surface area (Å²) >= 11 is 10.1. The first-order valence-electron chi connectivity index (χ1n) is 1.26. The molecule has 6 heavy (non-hydrogen) atoms. The summed E-state index contributed by atoms with van der Waals surface area (Å²) in [6.07, 6.45) is 0. The maximum atomic E-state index is 5.71. The molecule has 0 aliphatic carbocycles. The van der Waals surface area contributed by atoms with Crippen LogP contribution in [0.15, 0.2) is 12.3 Å². The third kappa shape index (κ3) is 5.71. The lowest BCUT2D eigenvalue weighted by molar-refractivity contribution is 2.60. The number of hydrogen-bond donors (Lipinski definition) is 0. The van der Waals surface area contributed by atoms with Crippen molar-refractivity contribution in [3.8, 4) is 0 Å². The lowest BCUT2D eigenvalue weighted by atomic mass is 11.3. The lowest BCUT2D eigenvalue weighted by Crippen LogP contribution is -1.98. The van der Waals surface area contributed by atoms with Crippen molar-refractivity contribution < 1.29 is 0 Å². The van der Waals surface area contributed by atoms with E-state index in [1.54, 1.807) is 0 Å². The summed E-state index contributed by atoms with van der Waals surface area (Å²) in [6.45, 7) is 3.55. The quantitative estimate of drug-likeness (QED) is 0.390. The zero-order chi connectivity index (χ0) is 5.21. The molecule has 0 aliphatic rings. The molecule has 36 valence electrons. The summed E-state index contributed by atoms with van der Waals surface area (Å²) in [5.74, 6) is 0. The van der Waals surface area contributed by atoms with Crippen molar-refractivity contribution in [2.45, 2.75) is 0 Å². The summed E-state index contributed by atoms with van der Waals surface area (Å²) in [4.78, 5) is 0. The highest BCUT2D eigenvalue weighted by molar-refractivity contribution is 14.3. The van der Waals surface area contributed by atoms with Crippen LogP contribution < -0.4 is 0 Å². The van der Waals surface area contributed by atoms with Crippen molar-refractivity contribution in [1.29, 1.82) is 0 Å². The molecule has 0 unspecified atom stereocenters. The van der Waals surface area contributed by atoms with E-state index >= 15 is 0 Å². The van der Waals surface area contributed by atoms with Gasteiger partial charge in [-0.2, -0.15) is 0 Å². The van der Waals surface area contributed by atoms with Gasteiger partial charge in [-0.25, -0.2) is 0 Å². The van der Waals surface area contributed by atoms with Gasteiger partial charge in [0.05, 0.1) is 0 Å². The molecule has 4 heteroatoms. The van der Waals surface area contributed by atoms with E-state index in [1.807, 2.05) is 5.70 Å². The first kappa shape index (κ1) is 7.71. The van der Waals surface area contributed by atoms with Gasteiger partial charge in [-0.05, 0) is 0 Å². The van der Waals surface area contributed by atoms with E-state index < -0.39 is 2.38 Å². The van der Waals surface area contributed by atoms with Crippen LogP contribution in [-0.4, -0.2) is 2.38 Å². The highest BCUT2D eigenvalue weighted by Gasteiger charge is 2.15. The maximum absolute atomic E-state index is 5.71. The minimum absolute atomic E-state index is 1.46. The fraction of sp³-hybridized carbons (Fsp3) is 0. The molecule has 0 radical (unpaired) electrons. The molecule has 0 atom stereocenters. The molecule has 0 spiro atoms. The van der Waals surface area contributed by atoms with Crippen LogP contribution in [0.3, 0.4) is 0 Å². The van der Waals surface area contributed by atoms with E-state index in [9.17, 15) is 0 Å². The Balaban J connectivity index is 3.45. The second-order valence-corrected chi connectivity index (χ2v) is 24.3. The van der Waals surface area contributed by atoms with Crippen LogP contribution in [0.2, 0.25) is 0 Å². The van der Waals surface area contributed by atoms with Gasteiger partial charge in [-0.3, -0.25) is 0 Å². The minimum Gasteiger partial charge on any atom is -0.134 e. The summed E-state index contributed by atoms with van der Waals surface area (Å²) in [7, 11) is 0. The van der Waals surface area contributed by atoms with Crippen LogP contribution in [-0.2, 0) is 0 Å². The van der Waals surface area contributed by atoms with Gasteiger partial charge < -0.3 is 0 Å². The van der Waals surface area contributed by atoms with Crippen molar-refractivity contribution in [3.63, 3.8) is 0 Å². The zero-order valence-corrected chi connectivity index (χ0v) is 8.99. The largest absolute Gasteiger partial charge is 0.306 e. The van der Waals surface area contributed by atoms with Crippen LogP contribution in [0.5, 0.6) is 0 Å². The predicted molar refractivity (Wildman–Crippen MR) is 49.8 cm³/mol. The first-order valence-corrected chi connectivity index (χ1v) is 10.6. The van der Waals surface area contributed by atoms with Gasteiger partial charge in [0.1, 0.15) is 0 Å². The number of rotatable bonds is 1. The Morgan fingerprint density at radius 2 is 1.83 bits per heavy atom. The third-order valence-corrected chi connectivity index (χ3v) is 3.80. The van der Waals surface area contributed by atoms with E-state index in [1.165, 1.54) is 0 Å². The number of hydrogen-bond acceptors (Lipinski definition) is 0. The molecule has 0 nitrogen and oxygen atoms in total. The van der Waals surface area contributed by atoms with Crippen LogP contribution in [0, 0.1) is 0 Å². The fourth-order valence-corrected chi connectivity index (χ4v) is 0. The van der Waals surface area contributed by atoms with E-state index in [-0.39, 0.29) is 0 Å². The van der Waals surface area contributed by atoms with Gasteiger partial charge in [-0.15, -0.1) is 17.7 Å². The smallest absolute Gasteiger partial charge is 0.134 e. The van der Waals surface area contributed by atoms with Gasteiger partial charge >= 0.3 is 2.38 Å². The second kappa shape index (κ2) is 2.88. The fourth-order valence-electron chi connectivity index (χ4n) is 0. The molecule has 0 aromatic rings. The van der Waals surface area contributed by atoms with Gasteiger partial charge in [0.25, 0.3) is 0 Å². The highest BCUT2D eigenvalue weighted by atomic mass is 127. The van der Waals surface area contributed by atoms with Crippen LogP contribution in [0.4, 0.5) is 0 Å². The Hall–Kier alpha value is 1.71. The average Bonchev–Trinajstić information content (AvgIpc) is 1.35. The van der Waals surface area contributed by atoms with Crippen molar-refractivity contribution in [1.82, 2.24) is 0 Å². The Labute approximate surface area is 68.5 Å². The van der Waals surface area contributed by atoms with Crippen molar-refractivity contribution >= 4 is 57.1 Å². The average molecular weight is 344 g/mol. The molecule has 0 heterocycles. The molecule has 0 fully saturated rings. The molecule has 0 aliphatic heterocycles. The van der Waals surface area contributed by atoms with Gasteiger partial charge in [-0.1, -0.05) is 49.3 Å². The van der Waals surface area contributed by atoms with Crippen LogP contribution in [0.1, 0.15) is 0 Å². The van der Waals surface area contributed by atoms with Crippen molar-refractivity contribution in [2.75, 3.05) is 0 Å². The highest BCUT2D eigenvalue weighted by Crippen LogP contribution is 2.26. The predicted octanol–water partition coefficient (Wildman–Crippen LogP) is 2.76. The van der Waals surface area contributed by atoms with E-state index in [0.29, 0.717) is 0 Å². The molecular weight excluding hydrogens is 341 g/mol. The second-order valence-electron chi connectivity index (χ2n) is 0.746. The molecule has 0 N–H and O–H groups in total. The summed E-state index contributed by atoms with van der Waals surface area (Å²) in [6, 6.07) is 0. The van der Waals surface area contributed by atoms with E-state index in [4.69, 9.17) is 11.1 Å². The van der Waals surface area contributed by atoms with Gasteiger partial charge in [0.2, 0.25) is 0 Å². The monoisotopic (exact) mass is 344 g/mol. The molecular formula is C2H3ClI2Si. The molecule has 0 amide bonds. The van der Waals surface area contributed by atoms with Crippen LogP contribution in [0.25, 0.3) is 0 Å². The topological polar surface area (TPSA) is 0 Å². The Morgan fingerprint density at radius 3 is 1.83 bits per heavy atom. The molecule has 0 rings (SSSR count). The van der Waals surface area contributed by atoms with Gasteiger partial charge in [0, 0.05) is 0 Å². The summed E-state index contributed by atoms with van der Waals surface area (Å²) < 4.78 is -1.46. The Bertz CT molecular complexity index is 57.1. The van der Waals surface area contributed by atoms with E-state index in [2.05, 4.69) is 50.2 Å². The van der Waals surface area contributed by atoms with Crippen LogP contribution >= 0.6 is 54.7 Å². The Morgan fingerprint density at radius 1 is 1.67 bits per heavy atom. The SMILES string of the molecule is C=C[Si](Cl)(I)I. The lowest BCUT2D eigenvalue weighted by Gasteiger charge is -1.94. The Kier molecular flexibility index (Phi) is 3.70. The van der Waals surface area contributed by atoms with Crippen molar-refractivity contribution in [3.05, 3.63) is 12.3 Å². The standard InChI is InChI=1S/C2H3ClI2Si/c1-2-6(3,4)5/h2H,1H2. The summed E-state index contributed by atoms with van der Waals surface area (Å²) in [5.41, 5.74) is 1.82. The zero-order valence-electron chi connectivity index (χ0n) is 2.92. The molecule has 0 aromatic heterocycles. The molecule has 0 bridgehead atoms. The van der Waals surface area contributed by atoms with Crippen molar-refractivity contribution in [2.24, 2.45) is 0 Å². The summed E-state index contributed by atoms with van der Waals surface area (Å²) in [5, 5.41) is 0. The minimum atomic E-state index is -1.46. The van der Waals surface area contributed by atoms with E-state index in [0.717, 1.165) is 0 Å². The third-order valence-electron chi connectivity index (χ3n) is 0.231. The molecule has 0 saturated heterocycles. The first-order chi connectivity index (χ1) is 2.56. The molecule has 0 saturated carbocycles.